The summed E-state index contributed by atoms with van der Waals surface area (Å²) in [5.41, 5.74) is 0.632. The molecular weight excluding hydrogens is 412 g/mol. The molecule has 2 rings (SSSR count). The van der Waals surface area contributed by atoms with Crippen molar-refractivity contribution in [2.45, 2.75) is 32.1 Å². The lowest BCUT2D eigenvalue weighted by molar-refractivity contribution is -0.124. The molecule has 158 valence electrons. The monoisotopic (exact) mass is 438 g/mol. The molecule has 0 aliphatic carbocycles. The minimum absolute atomic E-state index is 0.0658. The highest BCUT2D eigenvalue weighted by molar-refractivity contribution is 7.89. The summed E-state index contributed by atoms with van der Waals surface area (Å²) in [5.74, 6) is -1.15. The summed E-state index contributed by atoms with van der Waals surface area (Å²) in [6, 6.07) is 8.29. The third-order valence-corrected chi connectivity index (χ3v) is 7.48. The Morgan fingerprint density at radius 3 is 2.52 bits per heavy atom. The van der Waals surface area contributed by atoms with Crippen LogP contribution in [0.5, 0.6) is 0 Å². The Kier molecular flexibility index (Phi) is 8.36. The molecule has 0 aliphatic heterocycles. The third kappa shape index (κ3) is 6.12. The number of esters is 1. The Morgan fingerprint density at radius 1 is 1.17 bits per heavy atom. The van der Waals surface area contributed by atoms with Gasteiger partial charge in [0.2, 0.25) is 10.0 Å². The van der Waals surface area contributed by atoms with Gasteiger partial charge < -0.3 is 10.1 Å². The maximum Gasteiger partial charge on any atom is 0.338 e. The smallest absolute Gasteiger partial charge is 0.338 e. The Bertz CT molecular complexity index is 936. The van der Waals surface area contributed by atoms with Crippen LogP contribution in [0.3, 0.4) is 0 Å². The molecule has 1 aromatic heterocycles. The van der Waals surface area contributed by atoms with E-state index in [1.807, 2.05) is 17.5 Å². The van der Waals surface area contributed by atoms with E-state index in [-0.39, 0.29) is 10.5 Å². The standard InChI is InChI=1S/C20H26N2O5S2/c1-4-22(5-2)29(25,26)18-13-16(9-8-15(18)3)20(24)27-14-19(23)21-11-10-17-7-6-12-28-17/h6-9,12-13H,4-5,10-11,14H2,1-3H3,(H,21,23). The molecule has 1 amide bonds. The number of rotatable bonds is 10. The maximum absolute atomic E-state index is 12.8. The third-order valence-electron chi connectivity index (χ3n) is 4.36. The van der Waals surface area contributed by atoms with E-state index in [9.17, 15) is 18.0 Å². The normalized spacial score (nSPS) is 11.4. The Balaban J connectivity index is 1.97. The van der Waals surface area contributed by atoms with Crippen molar-refractivity contribution in [1.82, 2.24) is 9.62 Å². The topological polar surface area (TPSA) is 92.8 Å². The molecule has 29 heavy (non-hydrogen) atoms. The number of benzene rings is 1. The second-order valence-corrected chi connectivity index (χ2v) is 9.26. The van der Waals surface area contributed by atoms with E-state index in [0.29, 0.717) is 31.6 Å². The predicted molar refractivity (Wildman–Crippen MR) is 113 cm³/mol. The van der Waals surface area contributed by atoms with E-state index in [1.165, 1.54) is 16.4 Å². The van der Waals surface area contributed by atoms with E-state index in [4.69, 9.17) is 4.74 Å². The molecule has 0 spiro atoms. The van der Waals surface area contributed by atoms with Gasteiger partial charge in [-0.1, -0.05) is 26.0 Å². The number of aryl methyl sites for hydroxylation is 1. The van der Waals surface area contributed by atoms with Crippen molar-refractivity contribution in [1.29, 1.82) is 0 Å². The number of hydrogen-bond donors (Lipinski definition) is 1. The van der Waals surface area contributed by atoms with Crippen molar-refractivity contribution in [2.75, 3.05) is 26.2 Å². The average Bonchev–Trinajstić information content (AvgIpc) is 3.20. The number of ether oxygens (including phenoxy) is 1. The molecule has 9 heteroatoms. The first-order chi connectivity index (χ1) is 13.8. The number of nitrogens with zero attached hydrogens (tertiary/aromatic N) is 1. The highest BCUT2D eigenvalue weighted by Crippen LogP contribution is 2.21. The van der Waals surface area contributed by atoms with E-state index in [0.717, 1.165) is 4.88 Å². The molecule has 1 heterocycles. The molecule has 0 unspecified atom stereocenters. The van der Waals surface area contributed by atoms with Gasteiger partial charge in [-0.05, 0) is 42.5 Å². The molecule has 0 saturated heterocycles. The average molecular weight is 439 g/mol. The molecule has 0 saturated carbocycles. The number of carbonyl (C=O) groups excluding carboxylic acids is 2. The number of carbonyl (C=O) groups is 2. The van der Waals surface area contributed by atoms with Gasteiger partial charge in [0.15, 0.2) is 6.61 Å². The molecule has 2 aromatic rings. The Morgan fingerprint density at radius 2 is 1.90 bits per heavy atom. The van der Waals surface area contributed by atoms with Crippen molar-refractivity contribution < 1.29 is 22.7 Å². The van der Waals surface area contributed by atoms with Crippen LogP contribution in [0, 0.1) is 6.92 Å². The van der Waals surface area contributed by atoms with E-state index >= 15 is 0 Å². The van der Waals surface area contributed by atoms with Crippen LogP contribution < -0.4 is 5.32 Å². The van der Waals surface area contributed by atoms with Gasteiger partial charge in [0.1, 0.15) is 0 Å². The summed E-state index contributed by atoms with van der Waals surface area (Å²) in [7, 11) is -3.71. The van der Waals surface area contributed by atoms with E-state index in [1.54, 1.807) is 38.2 Å². The largest absolute Gasteiger partial charge is 0.452 e. The summed E-state index contributed by atoms with van der Waals surface area (Å²) in [6.45, 7) is 5.88. The van der Waals surface area contributed by atoms with Crippen molar-refractivity contribution in [3.05, 3.63) is 51.7 Å². The predicted octanol–water partition coefficient (Wildman–Crippen LogP) is 2.60. The molecule has 7 nitrogen and oxygen atoms in total. The van der Waals surface area contributed by atoms with Crippen molar-refractivity contribution >= 4 is 33.2 Å². The van der Waals surface area contributed by atoms with Crippen molar-refractivity contribution in [3.63, 3.8) is 0 Å². The highest BCUT2D eigenvalue weighted by atomic mass is 32.2. The maximum atomic E-state index is 12.8. The fourth-order valence-electron chi connectivity index (χ4n) is 2.75. The van der Waals surface area contributed by atoms with Gasteiger partial charge in [0, 0.05) is 24.5 Å². The second-order valence-electron chi connectivity index (χ2n) is 6.33. The van der Waals surface area contributed by atoms with Crippen LogP contribution in [-0.4, -0.2) is 50.8 Å². The van der Waals surface area contributed by atoms with Gasteiger partial charge in [0.25, 0.3) is 5.91 Å². The number of thiophene rings is 1. The first kappa shape index (κ1) is 23.1. The number of hydrogen-bond acceptors (Lipinski definition) is 6. The first-order valence-corrected chi connectivity index (χ1v) is 11.7. The zero-order valence-corrected chi connectivity index (χ0v) is 18.4. The number of nitrogens with one attached hydrogen (secondary N) is 1. The highest BCUT2D eigenvalue weighted by Gasteiger charge is 2.25. The molecule has 0 atom stereocenters. The van der Waals surface area contributed by atoms with Crippen molar-refractivity contribution in [3.8, 4) is 0 Å². The number of sulfonamides is 1. The van der Waals surface area contributed by atoms with Gasteiger partial charge in [-0.15, -0.1) is 11.3 Å². The first-order valence-electron chi connectivity index (χ1n) is 9.36. The summed E-state index contributed by atoms with van der Waals surface area (Å²) in [5, 5.41) is 4.66. The molecule has 1 N–H and O–H groups in total. The molecule has 0 aliphatic rings. The molecule has 0 fully saturated rings. The summed E-state index contributed by atoms with van der Waals surface area (Å²) in [6.07, 6.45) is 0.710. The van der Waals surface area contributed by atoms with Gasteiger partial charge >= 0.3 is 5.97 Å². The van der Waals surface area contributed by atoms with Crippen LogP contribution in [-0.2, 0) is 26.0 Å². The zero-order chi connectivity index (χ0) is 21.4. The summed E-state index contributed by atoms with van der Waals surface area (Å²) < 4.78 is 31.9. The molecule has 0 bridgehead atoms. The number of amides is 1. The molecular formula is C20H26N2O5S2. The lowest BCUT2D eigenvalue weighted by atomic mass is 10.1. The zero-order valence-electron chi connectivity index (χ0n) is 16.8. The van der Waals surface area contributed by atoms with Crippen molar-refractivity contribution in [2.24, 2.45) is 0 Å². The van der Waals surface area contributed by atoms with Crippen LogP contribution in [0.4, 0.5) is 0 Å². The SMILES string of the molecule is CCN(CC)S(=O)(=O)c1cc(C(=O)OCC(=O)NCCc2cccs2)ccc1C. The fourth-order valence-corrected chi connectivity index (χ4v) is 5.17. The lowest BCUT2D eigenvalue weighted by Crippen LogP contribution is -2.31. The Hall–Kier alpha value is -2.23. The van der Waals surface area contributed by atoms with Crippen LogP contribution >= 0.6 is 11.3 Å². The van der Waals surface area contributed by atoms with Gasteiger partial charge in [-0.2, -0.15) is 4.31 Å². The van der Waals surface area contributed by atoms with E-state index < -0.39 is 28.5 Å². The van der Waals surface area contributed by atoms with Gasteiger partial charge in [-0.25, -0.2) is 13.2 Å². The van der Waals surface area contributed by atoms with Crippen LogP contribution in [0.1, 0.15) is 34.6 Å². The van der Waals surface area contributed by atoms with Gasteiger partial charge in [-0.3, -0.25) is 4.79 Å². The second kappa shape index (κ2) is 10.5. The van der Waals surface area contributed by atoms with Gasteiger partial charge in [0.05, 0.1) is 10.5 Å². The summed E-state index contributed by atoms with van der Waals surface area (Å²) >= 11 is 1.61. The fraction of sp³-hybridized carbons (Fsp3) is 0.400. The molecule has 0 radical (unpaired) electrons. The molecule has 1 aromatic carbocycles. The lowest BCUT2D eigenvalue weighted by Gasteiger charge is -2.20. The quantitative estimate of drug-likeness (QED) is 0.576. The van der Waals surface area contributed by atoms with E-state index in [2.05, 4.69) is 5.32 Å². The Labute approximate surface area is 175 Å². The minimum Gasteiger partial charge on any atom is -0.452 e. The summed E-state index contributed by atoms with van der Waals surface area (Å²) in [4.78, 5) is 25.4. The minimum atomic E-state index is -3.71. The van der Waals surface area contributed by atoms with Crippen LogP contribution in [0.2, 0.25) is 0 Å². The van der Waals surface area contributed by atoms with Crippen LogP contribution in [0.25, 0.3) is 0 Å². The van der Waals surface area contributed by atoms with Crippen LogP contribution in [0.15, 0.2) is 40.6 Å².